The number of aromatic amines is 1. The average Bonchev–Trinajstić information content (AvgIpc) is 2.89. The van der Waals surface area contributed by atoms with Crippen molar-refractivity contribution in [2.45, 2.75) is 43.4 Å². The van der Waals surface area contributed by atoms with Gasteiger partial charge in [-0.05, 0) is 26.2 Å². The Morgan fingerprint density at radius 3 is 2.65 bits per heavy atom. The molecule has 0 radical (unpaired) electrons. The zero-order valence-electron chi connectivity index (χ0n) is 9.82. The summed E-state index contributed by atoms with van der Waals surface area (Å²) in [4.78, 5) is 13.3. The number of H-pyrrole nitrogens is 1. The van der Waals surface area contributed by atoms with E-state index in [9.17, 15) is 13.2 Å². The predicted octanol–water partition coefficient (Wildman–Crippen LogP) is 1.21. The Morgan fingerprint density at radius 1 is 1.53 bits per heavy atom. The van der Waals surface area contributed by atoms with Crippen molar-refractivity contribution in [3.8, 4) is 0 Å². The summed E-state index contributed by atoms with van der Waals surface area (Å²) in [5, 5.41) is 0. The molecule has 96 valence electrons. The zero-order chi connectivity index (χ0) is 12.6. The van der Waals surface area contributed by atoms with Crippen LogP contribution in [0.15, 0.2) is 9.00 Å². The molecule has 0 aliphatic heterocycles. The Hall–Kier alpha value is -0.660. The maximum Gasteiger partial charge on any atom is 0.305 e. The maximum atomic E-state index is 12.0. The molecule has 5 nitrogen and oxygen atoms in total. The smallest absolute Gasteiger partial charge is 0.305 e. The first-order valence-electron chi connectivity index (χ1n) is 5.60. The van der Waals surface area contributed by atoms with E-state index in [1.165, 1.54) is 12.8 Å². The first kappa shape index (κ1) is 12.8. The summed E-state index contributed by atoms with van der Waals surface area (Å²) in [6.45, 7) is 3.46. The quantitative estimate of drug-likeness (QED) is 0.848. The topological polar surface area (TPSA) is 79.0 Å². The van der Waals surface area contributed by atoms with E-state index < -0.39 is 10.0 Å². The molecule has 1 atom stereocenters. The van der Waals surface area contributed by atoms with Crippen LogP contribution in [0, 0.1) is 12.8 Å². The SMILES string of the molecule is Cc1[nH]c(=O)sc1S(=O)(=O)NC(C)CC1CC1. The number of hydrogen-bond acceptors (Lipinski definition) is 4. The van der Waals surface area contributed by atoms with Gasteiger partial charge in [-0.1, -0.05) is 24.2 Å². The van der Waals surface area contributed by atoms with Gasteiger partial charge in [-0.25, -0.2) is 13.1 Å². The molecule has 0 aromatic carbocycles. The second-order valence-corrected chi connectivity index (χ2v) is 7.52. The molecule has 1 aromatic rings. The van der Waals surface area contributed by atoms with Crippen LogP contribution in [0.1, 0.15) is 31.9 Å². The molecule has 0 amide bonds. The standard InChI is InChI=1S/C10H16N2O3S2/c1-6(5-8-3-4-8)12-17(14,15)9-7(2)11-10(13)16-9/h6,8,12H,3-5H2,1-2H3,(H,11,13). The normalized spacial score (nSPS) is 18.2. The Morgan fingerprint density at radius 2 is 2.18 bits per heavy atom. The van der Waals surface area contributed by atoms with Crippen molar-refractivity contribution in [1.29, 1.82) is 0 Å². The fourth-order valence-electron chi connectivity index (χ4n) is 1.87. The Kier molecular flexibility index (Phi) is 3.42. The van der Waals surface area contributed by atoms with Gasteiger partial charge in [-0.15, -0.1) is 0 Å². The van der Waals surface area contributed by atoms with Crippen LogP contribution < -0.4 is 9.60 Å². The van der Waals surface area contributed by atoms with Crippen molar-refractivity contribution in [2.75, 3.05) is 0 Å². The van der Waals surface area contributed by atoms with Gasteiger partial charge in [0.25, 0.3) is 10.0 Å². The van der Waals surface area contributed by atoms with Gasteiger partial charge in [-0.2, -0.15) is 0 Å². The molecule has 0 bridgehead atoms. The van der Waals surface area contributed by atoms with Gasteiger partial charge in [0, 0.05) is 11.7 Å². The van der Waals surface area contributed by atoms with E-state index in [0.29, 0.717) is 11.6 Å². The number of hydrogen-bond donors (Lipinski definition) is 2. The molecule has 1 unspecified atom stereocenters. The molecule has 1 aliphatic carbocycles. The fraction of sp³-hybridized carbons (Fsp3) is 0.700. The van der Waals surface area contributed by atoms with Gasteiger partial charge in [0.15, 0.2) is 4.21 Å². The highest BCUT2D eigenvalue weighted by atomic mass is 32.2. The van der Waals surface area contributed by atoms with E-state index in [1.54, 1.807) is 6.92 Å². The van der Waals surface area contributed by atoms with Crippen LogP contribution >= 0.6 is 11.3 Å². The minimum atomic E-state index is -3.55. The first-order valence-corrected chi connectivity index (χ1v) is 7.90. The maximum absolute atomic E-state index is 12.0. The Labute approximate surface area is 104 Å². The highest BCUT2D eigenvalue weighted by Gasteiger charge is 2.27. The van der Waals surface area contributed by atoms with Crippen molar-refractivity contribution in [3.63, 3.8) is 0 Å². The molecule has 1 aromatic heterocycles. The minimum absolute atomic E-state index is 0.0795. The van der Waals surface area contributed by atoms with Crippen LogP contribution in [0.3, 0.4) is 0 Å². The van der Waals surface area contributed by atoms with E-state index in [-0.39, 0.29) is 15.1 Å². The van der Waals surface area contributed by atoms with Crippen LogP contribution in [-0.4, -0.2) is 19.4 Å². The third kappa shape index (κ3) is 3.17. The van der Waals surface area contributed by atoms with Crippen molar-refractivity contribution in [2.24, 2.45) is 5.92 Å². The van der Waals surface area contributed by atoms with Crippen molar-refractivity contribution in [3.05, 3.63) is 15.4 Å². The summed E-state index contributed by atoms with van der Waals surface area (Å²) in [7, 11) is -3.55. The highest BCUT2D eigenvalue weighted by Crippen LogP contribution is 2.33. The number of aromatic nitrogens is 1. The molecule has 17 heavy (non-hydrogen) atoms. The van der Waals surface area contributed by atoms with Gasteiger partial charge in [0.2, 0.25) is 0 Å². The summed E-state index contributed by atoms with van der Waals surface area (Å²) in [6.07, 6.45) is 3.27. The molecule has 2 N–H and O–H groups in total. The lowest BCUT2D eigenvalue weighted by Crippen LogP contribution is -2.32. The number of sulfonamides is 1. The molecular weight excluding hydrogens is 260 g/mol. The molecule has 1 heterocycles. The zero-order valence-corrected chi connectivity index (χ0v) is 11.5. The lowest BCUT2D eigenvalue weighted by Gasteiger charge is -2.12. The summed E-state index contributed by atoms with van der Waals surface area (Å²) < 4.78 is 26.8. The summed E-state index contributed by atoms with van der Waals surface area (Å²) in [5.41, 5.74) is 0.408. The summed E-state index contributed by atoms with van der Waals surface area (Å²) in [5.74, 6) is 0.666. The van der Waals surface area contributed by atoms with E-state index in [0.717, 1.165) is 17.8 Å². The molecule has 0 saturated heterocycles. The van der Waals surface area contributed by atoms with Crippen LogP contribution in [-0.2, 0) is 10.0 Å². The molecule has 1 aliphatic rings. The lowest BCUT2D eigenvalue weighted by molar-refractivity contribution is 0.531. The highest BCUT2D eigenvalue weighted by molar-refractivity contribution is 7.91. The van der Waals surface area contributed by atoms with Crippen LogP contribution in [0.25, 0.3) is 0 Å². The third-order valence-electron chi connectivity index (χ3n) is 2.77. The molecule has 0 spiro atoms. The Balaban J connectivity index is 2.12. The van der Waals surface area contributed by atoms with Gasteiger partial charge in [-0.3, -0.25) is 4.79 Å². The molecule has 1 saturated carbocycles. The van der Waals surface area contributed by atoms with Gasteiger partial charge < -0.3 is 4.98 Å². The van der Waals surface area contributed by atoms with Crippen LogP contribution in [0.2, 0.25) is 0 Å². The number of nitrogens with one attached hydrogen (secondary N) is 2. The fourth-order valence-corrected chi connectivity index (χ4v) is 4.44. The number of rotatable bonds is 5. The van der Waals surface area contributed by atoms with Crippen molar-refractivity contribution >= 4 is 21.4 Å². The van der Waals surface area contributed by atoms with Gasteiger partial charge >= 0.3 is 4.87 Å². The lowest BCUT2D eigenvalue weighted by atomic mass is 10.2. The number of thiazole rings is 1. The average molecular weight is 276 g/mol. The van der Waals surface area contributed by atoms with E-state index in [2.05, 4.69) is 9.71 Å². The van der Waals surface area contributed by atoms with E-state index in [4.69, 9.17) is 0 Å². The molecule has 1 fully saturated rings. The molecule has 2 rings (SSSR count). The second-order valence-electron chi connectivity index (χ2n) is 4.63. The van der Waals surface area contributed by atoms with E-state index in [1.807, 2.05) is 6.92 Å². The van der Waals surface area contributed by atoms with Crippen LogP contribution in [0.4, 0.5) is 0 Å². The first-order chi connectivity index (χ1) is 7.88. The molecular formula is C10H16N2O3S2. The minimum Gasteiger partial charge on any atom is -0.315 e. The molecule has 7 heteroatoms. The van der Waals surface area contributed by atoms with Gasteiger partial charge in [0.1, 0.15) is 0 Å². The monoisotopic (exact) mass is 276 g/mol. The number of aryl methyl sites for hydroxylation is 1. The largest absolute Gasteiger partial charge is 0.315 e. The second kappa shape index (κ2) is 4.55. The van der Waals surface area contributed by atoms with E-state index >= 15 is 0 Å². The summed E-state index contributed by atoms with van der Waals surface area (Å²) >= 11 is 0.736. The van der Waals surface area contributed by atoms with Crippen molar-refractivity contribution in [1.82, 2.24) is 9.71 Å². The predicted molar refractivity (Wildman–Crippen MR) is 66.8 cm³/mol. The summed E-state index contributed by atoms with van der Waals surface area (Å²) in [6, 6.07) is -0.0795. The van der Waals surface area contributed by atoms with Gasteiger partial charge in [0.05, 0.1) is 0 Å². The Bertz CT molecular complexity index is 554. The van der Waals surface area contributed by atoms with Crippen LogP contribution in [0.5, 0.6) is 0 Å². The third-order valence-corrected chi connectivity index (χ3v) is 5.96. The van der Waals surface area contributed by atoms with Crippen molar-refractivity contribution < 1.29 is 8.42 Å².